The molecule has 28 atom stereocenters. The highest BCUT2D eigenvalue weighted by Gasteiger charge is 2.69. The highest BCUT2D eigenvalue weighted by atomic mass is 16.8. The summed E-state index contributed by atoms with van der Waals surface area (Å²) in [6.45, 7) is 7.97. The van der Waals surface area contributed by atoms with E-state index in [2.05, 4.69) is 32.9 Å². The predicted octanol–water partition coefficient (Wildman–Crippen LogP) is -3.90. The summed E-state index contributed by atoms with van der Waals surface area (Å²) in [7, 11) is 0. The molecule has 0 aromatic rings. The van der Waals surface area contributed by atoms with Crippen LogP contribution in [0.3, 0.4) is 0 Å². The van der Waals surface area contributed by atoms with Gasteiger partial charge in [-0.2, -0.15) is 0 Å². The van der Waals surface area contributed by atoms with E-state index in [0.29, 0.717) is 32.1 Å². The largest absolute Gasteiger partial charge is 0.462 e. The van der Waals surface area contributed by atoms with E-state index in [9.17, 15) is 86.5 Å². The molecule has 5 aliphatic carbocycles. The zero-order chi connectivity index (χ0) is 56.7. The minimum absolute atomic E-state index is 0.124. The lowest BCUT2D eigenvalue weighted by Crippen LogP contribution is -2.67. The molecule has 3 aliphatic heterocycles. The van der Waals surface area contributed by atoms with Crippen LogP contribution < -0.4 is 0 Å². The second-order valence-corrected chi connectivity index (χ2v) is 24.9. The number of ether oxygens (including phenoxy) is 7. The number of carbonyl (C=O) groups is 1. The van der Waals surface area contributed by atoms with Crippen LogP contribution in [-0.4, -0.2) is 250 Å². The van der Waals surface area contributed by atoms with Crippen molar-refractivity contribution in [1.29, 1.82) is 0 Å². The number of rotatable bonds is 16. The first kappa shape index (κ1) is 61.1. The van der Waals surface area contributed by atoms with Crippen molar-refractivity contribution in [2.75, 3.05) is 39.6 Å². The number of carbonyl (C=O) groups excluding carboxylic acids is 1. The molecular weight excluding hydrogens is 1020 g/mol. The molecule has 8 aliphatic rings. The van der Waals surface area contributed by atoms with E-state index in [-0.39, 0.29) is 44.3 Å². The number of hydrogen-bond acceptors (Lipinski definition) is 24. The average molecular weight is 1110 g/mol. The van der Waals surface area contributed by atoms with Gasteiger partial charge in [0.05, 0.1) is 56.8 Å². The number of esters is 1. The maximum absolute atomic E-state index is 13.9. The quantitative estimate of drug-likeness (QED) is 0.0519. The first-order valence-corrected chi connectivity index (χ1v) is 27.2. The number of hydrogen-bond donors (Lipinski definition) is 16. The van der Waals surface area contributed by atoms with Crippen molar-refractivity contribution in [1.82, 2.24) is 0 Å². The molecule has 28 unspecified atom stereocenters. The van der Waals surface area contributed by atoms with Gasteiger partial charge >= 0.3 is 5.97 Å². The fourth-order valence-corrected chi connectivity index (χ4v) is 15.3. The molecule has 16 N–H and O–H groups in total. The van der Waals surface area contributed by atoms with Crippen molar-refractivity contribution in [2.24, 2.45) is 44.3 Å². The normalized spacial score (nSPS) is 51.1. The first-order chi connectivity index (χ1) is 36.1. The van der Waals surface area contributed by atoms with Crippen LogP contribution in [0.25, 0.3) is 0 Å². The third kappa shape index (κ3) is 10.0. The van der Waals surface area contributed by atoms with E-state index >= 15 is 0 Å². The van der Waals surface area contributed by atoms with E-state index in [4.69, 9.17) is 33.2 Å². The van der Waals surface area contributed by atoms with Crippen LogP contribution in [0.5, 0.6) is 0 Å². The fraction of sp³-hybridized carbons (Fsp3) is 0.906. The van der Waals surface area contributed by atoms with Crippen LogP contribution >= 0.6 is 0 Å². The third-order valence-electron chi connectivity index (χ3n) is 20.6. The molecule has 0 amide bonds. The van der Waals surface area contributed by atoms with Gasteiger partial charge in [-0.1, -0.05) is 45.4 Å². The van der Waals surface area contributed by atoms with E-state index in [1.807, 2.05) is 6.92 Å². The van der Waals surface area contributed by atoms with Crippen molar-refractivity contribution >= 4 is 5.97 Å². The van der Waals surface area contributed by atoms with Crippen LogP contribution in [0.2, 0.25) is 0 Å². The Bertz CT molecular complexity index is 2130. The fourth-order valence-electron chi connectivity index (χ4n) is 15.3. The Morgan fingerprint density at radius 3 is 1.92 bits per heavy atom. The molecule has 3 saturated heterocycles. The van der Waals surface area contributed by atoms with Crippen LogP contribution in [0.1, 0.15) is 92.9 Å². The summed E-state index contributed by atoms with van der Waals surface area (Å²) in [5.41, 5.74) is -3.15. The van der Waals surface area contributed by atoms with E-state index in [0.717, 1.165) is 11.1 Å². The molecule has 24 nitrogen and oxygen atoms in total. The Balaban J connectivity index is 1.03. The molecule has 6 fully saturated rings. The van der Waals surface area contributed by atoms with Crippen molar-refractivity contribution in [3.05, 3.63) is 23.3 Å². The highest BCUT2D eigenvalue weighted by molar-refractivity contribution is 5.77. The molecule has 3 saturated carbocycles. The second kappa shape index (κ2) is 22.7. The Labute approximate surface area is 447 Å². The summed E-state index contributed by atoms with van der Waals surface area (Å²) < 4.78 is 41.6. The summed E-state index contributed by atoms with van der Waals surface area (Å²) >= 11 is 0. The van der Waals surface area contributed by atoms with Gasteiger partial charge in [0.15, 0.2) is 18.9 Å². The summed E-state index contributed by atoms with van der Waals surface area (Å²) in [5.74, 6) is -0.980. The summed E-state index contributed by atoms with van der Waals surface area (Å²) in [6.07, 6.45) is -24.6. The van der Waals surface area contributed by atoms with Crippen LogP contribution in [-0.2, 0) is 38.0 Å². The Morgan fingerprint density at radius 1 is 0.675 bits per heavy atom. The summed E-state index contributed by atoms with van der Waals surface area (Å²) in [4.78, 5) is 13.9. The van der Waals surface area contributed by atoms with Crippen molar-refractivity contribution in [3.8, 4) is 0 Å². The number of allylic oxidation sites excluding steroid dienone is 3. The monoisotopic (exact) mass is 1110 g/mol. The molecular formula is C53H86O24. The summed E-state index contributed by atoms with van der Waals surface area (Å²) in [5, 5.41) is 172. The van der Waals surface area contributed by atoms with Gasteiger partial charge in [0.2, 0.25) is 0 Å². The minimum Gasteiger partial charge on any atom is -0.462 e. The lowest BCUT2D eigenvalue weighted by Gasteiger charge is -2.70. The SMILES string of the molecule is CC1OC(OC2CCC3(C)C(CCC4(C)C3C=CC3=C5CC(C)(C(=O)OCC(O)C(O)C(O)CO)CCC5(CO)C(O)CC34C)C2(C)CO)C(O)C(OC2OC(CO)C(O)C(O)C2OC2OC(CO)C(O)C(O)C2O)C1O. The Morgan fingerprint density at radius 2 is 1.30 bits per heavy atom. The van der Waals surface area contributed by atoms with Crippen molar-refractivity contribution in [3.63, 3.8) is 0 Å². The van der Waals surface area contributed by atoms with Crippen LogP contribution in [0.15, 0.2) is 23.3 Å². The third-order valence-corrected chi connectivity index (χ3v) is 20.6. The molecule has 3 heterocycles. The van der Waals surface area contributed by atoms with E-state index in [1.165, 1.54) is 6.92 Å². The molecule has 0 aromatic carbocycles. The van der Waals surface area contributed by atoms with Gasteiger partial charge in [0.1, 0.15) is 92.1 Å². The molecule has 24 heteroatoms. The standard InChI is InChI=1S/C53H86O24/c1-23-34(62)42(76-46-43(39(67)37(65)29(19-56)74-46)77-44-40(68)38(66)36(64)28(18-55)73-44)41(69)45(72-23)75-33-10-11-49(3)30(50(33,4)21-57)9-12-51(5)31(49)8-7-24-25-15-48(2,47(70)71-20-27(60)35(63)26(59)17-54)13-14-53(25,22-58)32(61)16-52(24,51)6/h7-8,23,26-46,54-69H,9-22H2,1-6H3. The lowest BCUT2D eigenvalue weighted by atomic mass is 9.35. The number of fused-ring (bicyclic) bond motifs is 6. The zero-order valence-electron chi connectivity index (χ0n) is 44.7. The maximum atomic E-state index is 13.9. The number of aliphatic hydroxyl groups is 16. The van der Waals surface area contributed by atoms with Gasteiger partial charge in [-0.25, -0.2) is 0 Å². The zero-order valence-corrected chi connectivity index (χ0v) is 44.7. The Hall–Kier alpha value is -1.93. The second-order valence-electron chi connectivity index (χ2n) is 24.9. The summed E-state index contributed by atoms with van der Waals surface area (Å²) in [6, 6.07) is 0. The van der Waals surface area contributed by atoms with Gasteiger partial charge < -0.3 is 115 Å². The topological polar surface area (TPSA) is 405 Å². The smallest absolute Gasteiger partial charge is 0.312 e. The van der Waals surface area contributed by atoms with Gasteiger partial charge in [-0.15, -0.1) is 0 Å². The molecule has 8 rings (SSSR count). The first-order valence-electron chi connectivity index (χ1n) is 27.2. The maximum Gasteiger partial charge on any atom is 0.312 e. The van der Waals surface area contributed by atoms with Crippen LogP contribution in [0, 0.1) is 44.3 Å². The predicted molar refractivity (Wildman–Crippen MR) is 262 cm³/mol. The van der Waals surface area contributed by atoms with Gasteiger partial charge in [0, 0.05) is 16.2 Å². The Kier molecular flexibility index (Phi) is 18.0. The molecule has 442 valence electrons. The number of aliphatic hydroxyl groups excluding tert-OH is 16. The molecule has 0 spiro atoms. The van der Waals surface area contributed by atoms with E-state index in [1.54, 1.807) is 6.92 Å². The molecule has 77 heavy (non-hydrogen) atoms. The highest BCUT2D eigenvalue weighted by Crippen LogP contribution is 2.74. The molecule has 0 radical (unpaired) electrons. The van der Waals surface area contributed by atoms with Gasteiger partial charge in [-0.3, -0.25) is 4.79 Å². The molecule has 0 aromatic heterocycles. The van der Waals surface area contributed by atoms with Gasteiger partial charge in [0.25, 0.3) is 0 Å². The lowest BCUT2D eigenvalue weighted by molar-refractivity contribution is -0.391. The molecule has 0 bridgehead atoms. The van der Waals surface area contributed by atoms with Crippen molar-refractivity contribution in [2.45, 2.75) is 216 Å². The van der Waals surface area contributed by atoms with Gasteiger partial charge in [-0.05, 0) is 93.5 Å². The average Bonchev–Trinajstić information content (AvgIpc) is 3.57. The van der Waals surface area contributed by atoms with E-state index < -0.39 is 188 Å². The van der Waals surface area contributed by atoms with Crippen LogP contribution in [0.4, 0.5) is 0 Å². The minimum atomic E-state index is -1.94. The van der Waals surface area contributed by atoms with Crippen molar-refractivity contribution < 1.29 is 120 Å².